The highest BCUT2D eigenvalue weighted by Crippen LogP contribution is 2.38. The first-order valence-electron chi connectivity index (χ1n) is 16.5. The Hall–Kier alpha value is -2.32. The van der Waals surface area contributed by atoms with Crippen LogP contribution in [0.5, 0.6) is 0 Å². The summed E-state index contributed by atoms with van der Waals surface area (Å²) in [6.45, 7) is -28.7. The molecule has 0 N–H and O–H groups in total. The van der Waals surface area contributed by atoms with Crippen LogP contribution in [0, 0.1) is 0 Å². The molecule has 0 bridgehead atoms. The molecule has 0 radical (unpaired) electrons. The number of rotatable bonds is 24. The van der Waals surface area contributed by atoms with Crippen LogP contribution < -0.4 is 0 Å². The summed E-state index contributed by atoms with van der Waals surface area (Å²) in [5, 5.41) is 0. The largest absolute Gasteiger partial charge is 0.512 e. The van der Waals surface area contributed by atoms with Gasteiger partial charge in [-0.1, -0.05) is 7.42 Å². The van der Waals surface area contributed by atoms with Crippen molar-refractivity contribution >= 4 is 80.2 Å². The van der Waals surface area contributed by atoms with E-state index < -0.39 is 221 Å². The summed E-state index contributed by atoms with van der Waals surface area (Å²) in [6.07, 6.45) is -2.20. The van der Waals surface area contributed by atoms with Gasteiger partial charge in [-0.15, -0.1) is 0 Å². The zero-order valence-corrected chi connectivity index (χ0v) is 39.9. The van der Waals surface area contributed by atoms with Crippen molar-refractivity contribution in [2.75, 3.05) is 65.4 Å². The van der Waals surface area contributed by atoms with Crippen molar-refractivity contribution in [1.82, 2.24) is 24.6 Å². The number of nitrogens with zero attached hydrogens (tertiary/aromatic N) is 6. The van der Waals surface area contributed by atoms with Crippen molar-refractivity contribution in [1.29, 1.82) is 0 Å². The maximum Gasteiger partial charge on any atom is 0.512 e. The zero-order chi connectivity index (χ0) is 59.2. The van der Waals surface area contributed by atoms with Gasteiger partial charge in [0.2, 0.25) is 0 Å². The summed E-state index contributed by atoms with van der Waals surface area (Å²) in [4.78, 5) is 0. The van der Waals surface area contributed by atoms with Crippen LogP contribution in [0.3, 0.4) is 0 Å². The quantitative estimate of drug-likeness (QED) is 0.125. The molecule has 0 saturated heterocycles. The van der Waals surface area contributed by atoms with E-state index in [2.05, 4.69) is 0 Å². The van der Waals surface area contributed by atoms with Crippen LogP contribution in [-0.2, 0) is 80.2 Å². The Morgan fingerprint density at radius 3 is 0.452 bits per heavy atom. The number of hydrogen-bond donors (Lipinski definition) is 0. The zero-order valence-electron chi connectivity index (χ0n) is 33.3. The predicted octanol–water partition coefficient (Wildman–Crippen LogP) is 1.99. The van der Waals surface area contributed by atoms with Gasteiger partial charge in [-0.25, -0.2) is 67.3 Å². The predicted molar refractivity (Wildman–Crippen MR) is 184 cm³/mol. The summed E-state index contributed by atoms with van der Waals surface area (Å²) in [7, 11) is -62.2. The van der Waals surface area contributed by atoms with Crippen molar-refractivity contribution in [2.45, 2.75) is 50.5 Å². The van der Waals surface area contributed by atoms with Gasteiger partial charge in [0.05, 0.1) is 0 Å². The first-order chi connectivity index (χ1) is 31.4. The highest BCUT2D eigenvalue weighted by molar-refractivity contribution is 8.05. The molecule has 0 saturated carbocycles. The topological polar surface area (TPSA) is 293 Å². The fourth-order valence-corrected chi connectivity index (χ4v) is 13.6. The Kier molecular flexibility index (Phi) is 21.1. The second-order valence-electron chi connectivity index (χ2n) is 12.5. The third kappa shape index (κ3) is 15.5. The summed E-state index contributed by atoms with van der Waals surface area (Å²) >= 11 is 0. The molecule has 0 heterocycles. The molecule has 22 nitrogen and oxygen atoms in total. The molecule has 0 atom stereocenters. The highest BCUT2D eigenvalue weighted by Gasteiger charge is 2.64. The first-order valence-corrected chi connectivity index (χ1v) is 28.0. The summed E-state index contributed by atoms with van der Waals surface area (Å²) < 4.78 is 499. The van der Waals surface area contributed by atoms with Crippen molar-refractivity contribution in [2.24, 2.45) is 0 Å². The van der Waals surface area contributed by atoms with E-state index in [-0.39, 0.29) is 0 Å². The fraction of sp³-hybridized carbons (Fsp3) is 1.00. The van der Waals surface area contributed by atoms with Gasteiger partial charge in [0.25, 0.3) is 0 Å². The number of alkyl halides is 24. The molecule has 0 aromatic heterocycles. The Balaban J connectivity index is 7.64. The minimum absolute atomic E-state index is 1.50. The van der Waals surface area contributed by atoms with E-state index in [1.54, 1.807) is 0 Å². The molecule has 54 heteroatoms. The van der Waals surface area contributed by atoms with Gasteiger partial charge in [0, 0.05) is 65.4 Å². The molecule has 0 aliphatic carbocycles. The van der Waals surface area contributed by atoms with E-state index in [9.17, 15) is 173 Å². The molecular weight excluding hydrogens is 1280 g/mol. The lowest BCUT2D eigenvalue weighted by Crippen LogP contribution is -2.54. The molecule has 0 unspecified atom stereocenters. The van der Waals surface area contributed by atoms with Gasteiger partial charge in [-0.2, -0.15) is 123 Å². The van der Waals surface area contributed by atoms with Crippen LogP contribution in [0.15, 0.2) is 0 Å². The molecule has 0 aromatic carbocycles. The minimum Gasteiger partial charge on any atom is -0.203 e. The molecular formula is C19H22F24N6O16S8. The molecule has 440 valence electrons. The summed E-state index contributed by atoms with van der Waals surface area (Å²) in [5.41, 5.74) is -56.5. The van der Waals surface area contributed by atoms with Gasteiger partial charge in [-0.3, -0.25) is 0 Å². The first kappa shape index (κ1) is 70.7. The SMILES string of the molecule is O=S(=O)(N(CCCN(CCN(S(=O)(=O)C(F)(F)F)S(=O)(=O)C(F)(F)F)S(=O)(=O)C(F)(F)F)CCN(CCN(CCN(S(=O)(=O)C(F)(F)F)S(=O)(=O)C(F)(F)F)S(=O)(=O)C(F)(F)F)S(=O)(=O)C(F)(F)F)C(F)(F)F. The molecule has 0 fully saturated rings. The monoisotopic (exact) mass is 1300 g/mol. The van der Waals surface area contributed by atoms with E-state index in [0.29, 0.717) is 0 Å². The lowest BCUT2D eigenvalue weighted by Gasteiger charge is -2.31. The van der Waals surface area contributed by atoms with Gasteiger partial charge < -0.3 is 0 Å². The maximum atomic E-state index is 13.7. The second kappa shape index (κ2) is 21.8. The molecule has 0 aliphatic heterocycles. The molecule has 0 spiro atoms. The fourth-order valence-electron chi connectivity index (χ4n) is 4.45. The Morgan fingerprint density at radius 1 is 0.192 bits per heavy atom. The van der Waals surface area contributed by atoms with E-state index in [4.69, 9.17) is 0 Å². The Bertz CT molecular complexity index is 2790. The third-order valence-electron chi connectivity index (χ3n) is 7.85. The van der Waals surface area contributed by atoms with Crippen molar-refractivity contribution in [3.8, 4) is 0 Å². The lowest BCUT2D eigenvalue weighted by molar-refractivity contribution is -0.0546. The van der Waals surface area contributed by atoms with Crippen LogP contribution in [0.2, 0.25) is 0 Å². The number of halogens is 24. The highest BCUT2D eigenvalue weighted by atomic mass is 32.3. The van der Waals surface area contributed by atoms with Crippen LogP contribution in [-0.4, -0.2) is 201 Å². The standard InChI is InChI=1S/C19H22F24N6O16S8/c20-12(21,22)66(50,51)44(2-1-3-45(67(52,53)13(23,24)25)8-10-48(70(58,59)16(32,33)34)71(60,61)17(35,36)37)4-5-46(68(54,55)14(26,27)28)6-7-47(69(56,57)15(29,30)31)9-11-49(72(62,63)18(38,39)40)73(64,65)19(41,42)43/h1-11H2. The van der Waals surface area contributed by atoms with E-state index in [1.165, 1.54) is 0 Å². The van der Waals surface area contributed by atoms with E-state index >= 15 is 0 Å². The smallest absolute Gasteiger partial charge is 0.203 e. The van der Waals surface area contributed by atoms with Gasteiger partial charge in [-0.05, 0) is 6.42 Å². The Labute approximate surface area is 392 Å². The van der Waals surface area contributed by atoms with Gasteiger partial charge in [0.1, 0.15) is 0 Å². The van der Waals surface area contributed by atoms with Gasteiger partial charge >= 0.3 is 124 Å². The van der Waals surface area contributed by atoms with Crippen LogP contribution in [0.4, 0.5) is 105 Å². The average molecular weight is 1300 g/mol. The summed E-state index contributed by atoms with van der Waals surface area (Å²) in [5.74, 6) is 0. The molecule has 73 heavy (non-hydrogen) atoms. The van der Waals surface area contributed by atoms with Crippen molar-refractivity contribution < 1.29 is 173 Å². The lowest BCUT2D eigenvalue weighted by atomic mass is 10.4. The average Bonchev–Trinajstić information content (AvgIpc) is 3.11. The van der Waals surface area contributed by atoms with Crippen LogP contribution >= 0.6 is 0 Å². The Morgan fingerprint density at radius 2 is 0.315 bits per heavy atom. The second-order valence-corrected chi connectivity index (χ2v) is 28.1. The molecule has 0 aromatic rings. The normalized spacial score (nSPS) is 16.0. The maximum absolute atomic E-state index is 13.7. The number of hydrogen-bond acceptors (Lipinski definition) is 16. The summed E-state index contributed by atoms with van der Waals surface area (Å²) in [6, 6.07) is 0. The number of sulfonamides is 8. The van der Waals surface area contributed by atoms with Crippen molar-refractivity contribution in [3.63, 3.8) is 0 Å². The molecule has 0 rings (SSSR count). The molecule has 0 aliphatic rings. The van der Waals surface area contributed by atoms with Crippen LogP contribution in [0.25, 0.3) is 0 Å². The van der Waals surface area contributed by atoms with Crippen LogP contribution in [0.1, 0.15) is 6.42 Å². The third-order valence-corrected chi connectivity index (χ3v) is 21.9. The van der Waals surface area contributed by atoms with E-state index in [1.807, 2.05) is 0 Å². The minimum atomic E-state index is -8.04. The van der Waals surface area contributed by atoms with E-state index in [0.717, 1.165) is 0 Å². The van der Waals surface area contributed by atoms with Crippen molar-refractivity contribution in [3.05, 3.63) is 0 Å². The molecule has 0 amide bonds. The van der Waals surface area contributed by atoms with Gasteiger partial charge in [0.15, 0.2) is 0 Å².